The second-order valence-corrected chi connectivity index (χ2v) is 7.24. The van der Waals surface area contributed by atoms with Crippen LogP contribution < -0.4 is 5.73 Å². The molecule has 6 nitrogen and oxygen atoms in total. The molecule has 0 saturated carbocycles. The minimum absolute atomic E-state index is 0.145. The number of hydrogen-bond acceptors (Lipinski definition) is 6. The Morgan fingerprint density at radius 2 is 2.11 bits per heavy atom. The molecule has 2 N–H and O–H groups in total. The highest BCUT2D eigenvalue weighted by Gasteiger charge is 2.30. The van der Waals surface area contributed by atoms with Gasteiger partial charge in [-0.05, 0) is 20.8 Å². The van der Waals surface area contributed by atoms with Gasteiger partial charge in [0.25, 0.3) is 10.0 Å². The Bertz CT molecular complexity index is 496. The number of methoxy groups -OCH3 is 1. The molecule has 18 heavy (non-hydrogen) atoms. The number of nitrogen functional groups attached to an aromatic ring is 1. The van der Waals surface area contributed by atoms with E-state index in [1.54, 1.807) is 14.0 Å². The topological polar surface area (TPSA) is 85.5 Å². The second kappa shape index (κ2) is 5.96. The number of rotatable bonds is 6. The maximum absolute atomic E-state index is 12.5. The van der Waals surface area contributed by atoms with Crippen molar-refractivity contribution in [1.82, 2.24) is 9.29 Å². The molecule has 0 atom stereocenters. The molecular formula is C10H19N3O3S2. The maximum atomic E-state index is 12.5. The number of nitrogens with two attached hydrogens (primary N) is 1. The van der Waals surface area contributed by atoms with Crippen LogP contribution in [0.3, 0.4) is 0 Å². The number of aromatic nitrogens is 1. The molecular weight excluding hydrogens is 274 g/mol. The highest BCUT2D eigenvalue weighted by atomic mass is 32.2. The fourth-order valence-corrected chi connectivity index (χ4v) is 4.62. The molecule has 0 spiro atoms. The van der Waals surface area contributed by atoms with Gasteiger partial charge in [0.15, 0.2) is 9.34 Å². The van der Waals surface area contributed by atoms with Crippen molar-refractivity contribution in [1.29, 1.82) is 0 Å². The highest BCUT2D eigenvalue weighted by Crippen LogP contribution is 2.28. The maximum Gasteiger partial charge on any atom is 0.254 e. The first-order valence-electron chi connectivity index (χ1n) is 5.54. The van der Waals surface area contributed by atoms with Gasteiger partial charge < -0.3 is 10.5 Å². The molecule has 0 unspecified atom stereocenters. The molecule has 0 bridgehead atoms. The number of anilines is 1. The molecule has 0 radical (unpaired) electrons. The van der Waals surface area contributed by atoms with E-state index in [1.165, 1.54) is 4.31 Å². The predicted octanol–water partition coefficient (Wildman–Crippen LogP) is 1.08. The normalized spacial score (nSPS) is 12.6. The molecule has 104 valence electrons. The molecule has 1 aromatic rings. The summed E-state index contributed by atoms with van der Waals surface area (Å²) < 4.78 is 31.6. The van der Waals surface area contributed by atoms with Gasteiger partial charge in [-0.2, -0.15) is 4.31 Å². The lowest BCUT2D eigenvalue weighted by Gasteiger charge is -2.24. The van der Waals surface area contributed by atoms with Crippen LogP contribution in [-0.4, -0.2) is 44.0 Å². The van der Waals surface area contributed by atoms with E-state index < -0.39 is 10.0 Å². The summed E-state index contributed by atoms with van der Waals surface area (Å²) >= 11 is 0.997. The standard InChI is InChI=1S/C10H19N3O3S2/c1-7(2)13(5-6-16-4)18(14,15)9-8(3)12-10(11)17-9/h7H,5-6H2,1-4H3,(H2,11,12). The number of hydrogen-bond donors (Lipinski definition) is 1. The van der Waals surface area contributed by atoms with E-state index in [0.29, 0.717) is 18.8 Å². The van der Waals surface area contributed by atoms with Gasteiger partial charge in [-0.15, -0.1) is 0 Å². The van der Waals surface area contributed by atoms with Gasteiger partial charge in [-0.1, -0.05) is 11.3 Å². The zero-order valence-electron chi connectivity index (χ0n) is 11.0. The van der Waals surface area contributed by atoms with Crippen molar-refractivity contribution in [2.45, 2.75) is 31.0 Å². The van der Waals surface area contributed by atoms with Crippen molar-refractivity contribution in [3.63, 3.8) is 0 Å². The van der Waals surface area contributed by atoms with E-state index in [1.807, 2.05) is 13.8 Å². The van der Waals surface area contributed by atoms with Gasteiger partial charge in [0, 0.05) is 19.7 Å². The minimum atomic E-state index is -3.55. The summed E-state index contributed by atoms with van der Waals surface area (Å²) in [5.74, 6) is 0. The smallest absolute Gasteiger partial charge is 0.254 e. The number of aryl methyl sites for hydroxylation is 1. The zero-order chi connectivity index (χ0) is 13.9. The number of nitrogens with zero attached hydrogens (tertiary/aromatic N) is 2. The molecule has 0 amide bonds. The van der Waals surface area contributed by atoms with Gasteiger partial charge in [-0.3, -0.25) is 0 Å². The van der Waals surface area contributed by atoms with Gasteiger partial charge in [0.1, 0.15) is 0 Å². The lowest BCUT2D eigenvalue weighted by molar-refractivity contribution is 0.171. The summed E-state index contributed by atoms with van der Waals surface area (Å²) in [4.78, 5) is 3.96. The third-order valence-electron chi connectivity index (χ3n) is 2.41. The molecule has 0 aliphatic rings. The Balaban J connectivity index is 3.13. The van der Waals surface area contributed by atoms with E-state index in [-0.39, 0.29) is 15.4 Å². The molecule has 1 heterocycles. The fourth-order valence-electron chi connectivity index (χ4n) is 1.59. The van der Waals surface area contributed by atoms with Crippen LogP contribution in [0.2, 0.25) is 0 Å². The van der Waals surface area contributed by atoms with Crippen molar-refractivity contribution in [3.8, 4) is 0 Å². The van der Waals surface area contributed by atoms with Gasteiger partial charge >= 0.3 is 0 Å². The van der Waals surface area contributed by atoms with Crippen molar-refractivity contribution in [2.75, 3.05) is 26.0 Å². The average molecular weight is 293 g/mol. The summed E-state index contributed by atoms with van der Waals surface area (Å²) in [5.41, 5.74) is 6.00. The monoisotopic (exact) mass is 293 g/mol. The van der Waals surface area contributed by atoms with Crippen LogP contribution in [0.25, 0.3) is 0 Å². The molecule has 0 aliphatic heterocycles. The third kappa shape index (κ3) is 3.19. The largest absolute Gasteiger partial charge is 0.383 e. The molecule has 1 rings (SSSR count). The molecule has 0 saturated heterocycles. The predicted molar refractivity (Wildman–Crippen MR) is 72.2 cm³/mol. The van der Waals surface area contributed by atoms with Crippen LogP contribution in [0.5, 0.6) is 0 Å². The Morgan fingerprint density at radius 1 is 1.50 bits per heavy atom. The SMILES string of the molecule is COCCN(C(C)C)S(=O)(=O)c1sc(N)nc1C. The second-order valence-electron chi connectivity index (χ2n) is 4.13. The van der Waals surface area contributed by atoms with E-state index >= 15 is 0 Å². The molecule has 1 aromatic heterocycles. The Kier molecular flexibility index (Phi) is 5.09. The van der Waals surface area contributed by atoms with Gasteiger partial charge in [-0.25, -0.2) is 13.4 Å². The highest BCUT2D eigenvalue weighted by molar-refractivity contribution is 7.91. The Hall–Kier alpha value is -0.700. The Labute approximate surface area is 112 Å². The lowest BCUT2D eigenvalue weighted by Crippen LogP contribution is -2.39. The van der Waals surface area contributed by atoms with Gasteiger partial charge in [0.2, 0.25) is 0 Å². The first-order chi connectivity index (χ1) is 8.30. The summed E-state index contributed by atoms with van der Waals surface area (Å²) in [6, 6.07) is -0.145. The number of thiazole rings is 1. The van der Waals surface area contributed by atoms with Crippen LogP contribution in [0.1, 0.15) is 19.5 Å². The van der Waals surface area contributed by atoms with Crippen molar-refractivity contribution < 1.29 is 13.2 Å². The quantitative estimate of drug-likeness (QED) is 0.848. The molecule has 0 aliphatic carbocycles. The van der Waals surface area contributed by atoms with Gasteiger partial charge in [0.05, 0.1) is 12.3 Å². The van der Waals surface area contributed by atoms with Crippen molar-refractivity contribution >= 4 is 26.5 Å². The van der Waals surface area contributed by atoms with Crippen LogP contribution in [0, 0.1) is 6.92 Å². The van der Waals surface area contributed by atoms with Crippen LogP contribution in [0.4, 0.5) is 5.13 Å². The number of sulfonamides is 1. The van der Waals surface area contributed by atoms with E-state index in [9.17, 15) is 8.42 Å². The summed E-state index contributed by atoms with van der Waals surface area (Å²) in [5, 5.41) is 0.265. The fraction of sp³-hybridized carbons (Fsp3) is 0.700. The van der Waals surface area contributed by atoms with E-state index in [0.717, 1.165) is 11.3 Å². The third-order valence-corrected chi connectivity index (χ3v) is 6.05. The number of ether oxygens (including phenoxy) is 1. The Morgan fingerprint density at radius 3 is 2.50 bits per heavy atom. The first kappa shape index (κ1) is 15.4. The average Bonchev–Trinajstić information content (AvgIpc) is 2.58. The lowest BCUT2D eigenvalue weighted by atomic mass is 10.4. The summed E-state index contributed by atoms with van der Waals surface area (Å²) in [7, 11) is -2.01. The summed E-state index contributed by atoms with van der Waals surface area (Å²) in [6.45, 7) is 5.97. The van der Waals surface area contributed by atoms with Crippen molar-refractivity contribution in [2.24, 2.45) is 0 Å². The van der Waals surface area contributed by atoms with E-state index in [4.69, 9.17) is 10.5 Å². The first-order valence-corrected chi connectivity index (χ1v) is 7.80. The molecule has 0 aromatic carbocycles. The zero-order valence-corrected chi connectivity index (χ0v) is 12.6. The molecule has 8 heteroatoms. The minimum Gasteiger partial charge on any atom is -0.383 e. The summed E-state index contributed by atoms with van der Waals surface area (Å²) in [6.07, 6.45) is 0. The van der Waals surface area contributed by atoms with Crippen LogP contribution in [0.15, 0.2) is 4.21 Å². The van der Waals surface area contributed by atoms with Crippen molar-refractivity contribution in [3.05, 3.63) is 5.69 Å². The molecule has 0 fully saturated rings. The van der Waals surface area contributed by atoms with Crippen LogP contribution in [-0.2, 0) is 14.8 Å². The van der Waals surface area contributed by atoms with Crippen LogP contribution >= 0.6 is 11.3 Å². The van der Waals surface area contributed by atoms with E-state index in [2.05, 4.69) is 4.98 Å².